The molecule has 0 saturated carbocycles. The van der Waals surface area contributed by atoms with E-state index in [4.69, 9.17) is 14.6 Å². The number of benzene rings is 2. The van der Waals surface area contributed by atoms with Gasteiger partial charge >= 0.3 is 0 Å². The van der Waals surface area contributed by atoms with Crippen LogP contribution in [0.3, 0.4) is 0 Å². The second-order valence-corrected chi connectivity index (χ2v) is 8.78. The van der Waals surface area contributed by atoms with Crippen LogP contribution >= 0.6 is 0 Å². The van der Waals surface area contributed by atoms with Gasteiger partial charge in [-0.2, -0.15) is 13.5 Å². The van der Waals surface area contributed by atoms with Crippen LogP contribution in [0.4, 0.5) is 0 Å². The van der Waals surface area contributed by atoms with Gasteiger partial charge in [-0.3, -0.25) is 4.18 Å². The highest BCUT2D eigenvalue weighted by molar-refractivity contribution is 7.85. The van der Waals surface area contributed by atoms with Gasteiger partial charge in [0.2, 0.25) is 0 Å². The summed E-state index contributed by atoms with van der Waals surface area (Å²) in [6.07, 6.45) is 1.58. The zero-order valence-corrected chi connectivity index (χ0v) is 18.6. The maximum atomic E-state index is 11.0. The summed E-state index contributed by atoms with van der Waals surface area (Å²) in [6.45, 7) is 0.122. The Morgan fingerprint density at radius 3 is 2.31 bits per heavy atom. The van der Waals surface area contributed by atoms with Crippen LogP contribution in [0.5, 0.6) is 11.5 Å². The monoisotopic (exact) mass is 453 g/mol. The Morgan fingerprint density at radius 2 is 1.62 bits per heavy atom. The van der Waals surface area contributed by atoms with Crippen molar-refractivity contribution in [1.82, 2.24) is 14.6 Å². The Hall–Kier alpha value is -3.43. The molecule has 2 heterocycles. The number of nitrogens with zero attached hydrogens (tertiary/aromatic N) is 3. The van der Waals surface area contributed by atoms with E-state index in [0.29, 0.717) is 18.0 Å². The number of hydrogen-bond donors (Lipinski definition) is 0. The molecule has 0 fully saturated rings. The Morgan fingerprint density at radius 1 is 0.906 bits per heavy atom. The van der Waals surface area contributed by atoms with Gasteiger partial charge in [0.1, 0.15) is 24.7 Å². The van der Waals surface area contributed by atoms with Gasteiger partial charge in [0, 0.05) is 12.0 Å². The summed E-state index contributed by atoms with van der Waals surface area (Å²) in [5.41, 5.74) is 3.78. The van der Waals surface area contributed by atoms with E-state index < -0.39 is 10.1 Å². The number of fused-ring (bicyclic) bond motifs is 1. The lowest BCUT2D eigenvalue weighted by atomic mass is 10.1. The minimum atomic E-state index is -3.46. The molecule has 9 heteroatoms. The summed E-state index contributed by atoms with van der Waals surface area (Å²) in [6, 6.07) is 21.3. The summed E-state index contributed by atoms with van der Waals surface area (Å²) in [4.78, 5) is 4.66. The molecule has 8 nitrogen and oxygen atoms in total. The van der Waals surface area contributed by atoms with Crippen molar-refractivity contribution in [3.63, 3.8) is 0 Å². The van der Waals surface area contributed by atoms with E-state index in [0.717, 1.165) is 34.5 Å². The van der Waals surface area contributed by atoms with Crippen molar-refractivity contribution in [1.29, 1.82) is 0 Å². The summed E-state index contributed by atoms with van der Waals surface area (Å²) < 4.78 is 39.2. The molecule has 4 aromatic rings. The topological polar surface area (TPSA) is 92.0 Å². The molecule has 0 aliphatic heterocycles. The van der Waals surface area contributed by atoms with Gasteiger partial charge in [-0.15, -0.1) is 0 Å². The van der Waals surface area contributed by atoms with E-state index >= 15 is 0 Å². The van der Waals surface area contributed by atoms with Crippen molar-refractivity contribution in [3.05, 3.63) is 78.1 Å². The van der Waals surface area contributed by atoms with Gasteiger partial charge < -0.3 is 9.47 Å². The van der Waals surface area contributed by atoms with Crippen LogP contribution in [-0.4, -0.2) is 49.6 Å². The first-order valence-corrected chi connectivity index (χ1v) is 11.8. The van der Waals surface area contributed by atoms with E-state index in [1.54, 1.807) is 7.11 Å². The number of pyridine rings is 1. The van der Waals surface area contributed by atoms with Crippen molar-refractivity contribution < 1.29 is 22.1 Å². The standard InChI is InChI=1S/C23H23N3O5S/c1-29-19-12-8-18(9-13-19)21-4-3-5-23-24-22(25-26(21)23)16-17-6-10-20(11-7-17)30-14-15-31-32(2,27)28/h3-13H,14-16H2,1-2H3. The first-order chi connectivity index (χ1) is 15.4. The molecule has 0 N–H and O–H groups in total. The lowest BCUT2D eigenvalue weighted by Crippen LogP contribution is -2.11. The van der Waals surface area contributed by atoms with Crippen LogP contribution in [0.1, 0.15) is 11.4 Å². The van der Waals surface area contributed by atoms with Crippen molar-refractivity contribution >= 4 is 15.8 Å². The number of methoxy groups -OCH3 is 1. The lowest BCUT2D eigenvalue weighted by Gasteiger charge is -2.06. The molecule has 0 unspecified atom stereocenters. The predicted molar refractivity (Wildman–Crippen MR) is 121 cm³/mol. The lowest BCUT2D eigenvalue weighted by molar-refractivity contribution is 0.222. The normalized spacial score (nSPS) is 11.6. The maximum absolute atomic E-state index is 11.0. The highest BCUT2D eigenvalue weighted by Gasteiger charge is 2.10. The molecule has 0 aliphatic rings. The summed E-state index contributed by atoms with van der Waals surface area (Å²) in [5, 5.41) is 4.70. The van der Waals surface area contributed by atoms with E-state index in [1.165, 1.54) is 0 Å². The molecule has 0 bridgehead atoms. The van der Waals surface area contributed by atoms with Gasteiger partial charge in [-0.05, 0) is 54.1 Å². The van der Waals surface area contributed by atoms with E-state index in [9.17, 15) is 8.42 Å². The average Bonchev–Trinajstić information content (AvgIpc) is 3.20. The van der Waals surface area contributed by atoms with Gasteiger partial charge in [0.25, 0.3) is 10.1 Å². The molecule has 0 atom stereocenters. The molecule has 0 amide bonds. The van der Waals surface area contributed by atoms with Crippen LogP contribution < -0.4 is 9.47 Å². The minimum Gasteiger partial charge on any atom is -0.497 e. The molecule has 2 aromatic heterocycles. The Bertz CT molecular complexity index is 1300. The number of rotatable bonds is 9. The molecule has 4 rings (SSSR count). The summed E-state index contributed by atoms with van der Waals surface area (Å²) in [7, 11) is -1.81. The molecular weight excluding hydrogens is 430 g/mol. The maximum Gasteiger partial charge on any atom is 0.264 e. The van der Waals surface area contributed by atoms with Crippen LogP contribution in [0.25, 0.3) is 16.9 Å². The predicted octanol–water partition coefficient (Wildman–Crippen LogP) is 3.35. The van der Waals surface area contributed by atoms with Crippen molar-refractivity contribution in [2.75, 3.05) is 26.6 Å². The van der Waals surface area contributed by atoms with Gasteiger partial charge in [-0.25, -0.2) is 9.50 Å². The number of ether oxygens (including phenoxy) is 2. The van der Waals surface area contributed by atoms with E-state index in [-0.39, 0.29) is 13.2 Å². The molecule has 2 aromatic carbocycles. The quantitative estimate of drug-likeness (QED) is 0.283. The van der Waals surface area contributed by atoms with Gasteiger partial charge in [0.05, 0.1) is 19.1 Å². The SMILES string of the molecule is COc1ccc(-c2cccc3nc(Cc4ccc(OCCOS(C)(=O)=O)cc4)nn23)cc1. The van der Waals surface area contributed by atoms with Crippen molar-refractivity contribution in [2.45, 2.75) is 6.42 Å². The zero-order valence-electron chi connectivity index (χ0n) is 17.8. The zero-order chi connectivity index (χ0) is 22.6. The third-order valence-corrected chi connectivity index (χ3v) is 5.32. The first kappa shape index (κ1) is 21.8. The molecule has 0 radical (unpaired) electrons. The fourth-order valence-electron chi connectivity index (χ4n) is 3.24. The molecular formula is C23H23N3O5S. The molecule has 0 saturated heterocycles. The minimum absolute atomic E-state index is 0.0255. The molecule has 0 spiro atoms. The Balaban J connectivity index is 1.45. The first-order valence-electron chi connectivity index (χ1n) is 9.96. The van der Waals surface area contributed by atoms with E-state index in [2.05, 4.69) is 9.17 Å². The van der Waals surface area contributed by atoms with Crippen molar-refractivity contribution in [3.8, 4) is 22.8 Å². The van der Waals surface area contributed by atoms with Crippen molar-refractivity contribution in [2.24, 2.45) is 0 Å². The van der Waals surface area contributed by atoms with Crippen LogP contribution in [0.2, 0.25) is 0 Å². The van der Waals surface area contributed by atoms with Crippen LogP contribution in [0, 0.1) is 0 Å². The summed E-state index contributed by atoms with van der Waals surface area (Å²) >= 11 is 0. The van der Waals surface area contributed by atoms with Gasteiger partial charge in [-0.1, -0.05) is 18.2 Å². The largest absolute Gasteiger partial charge is 0.497 e. The van der Waals surface area contributed by atoms with Crippen LogP contribution in [0.15, 0.2) is 66.7 Å². The van der Waals surface area contributed by atoms with Crippen LogP contribution in [-0.2, 0) is 20.7 Å². The molecule has 0 aliphatic carbocycles. The summed E-state index contributed by atoms with van der Waals surface area (Å²) in [5.74, 6) is 2.15. The van der Waals surface area contributed by atoms with E-state index in [1.807, 2.05) is 71.2 Å². The smallest absolute Gasteiger partial charge is 0.264 e. The Kier molecular flexibility index (Phi) is 6.38. The van der Waals surface area contributed by atoms with Gasteiger partial charge in [0.15, 0.2) is 11.5 Å². The third kappa shape index (κ3) is 5.43. The molecule has 166 valence electrons. The second kappa shape index (κ2) is 9.37. The fourth-order valence-corrected chi connectivity index (χ4v) is 3.61. The third-order valence-electron chi connectivity index (χ3n) is 4.72. The fraction of sp³-hybridized carbons (Fsp3) is 0.217. The Labute approximate surface area is 186 Å². The number of hydrogen-bond acceptors (Lipinski definition) is 7. The highest BCUT2D eigenvalue weighted by atomic mass is 32.2. The second-order valence-electron chi connectivity index (χ2n) is 7.13. The average molecular weight is 454 g/mol. The molecule has 32 heavy (non-hydrogen) atoms. The highest BCUT2D eigenvalue weighted by Crippen LogP contribution is 2.23. The number of aromatic nitrogens is 3.